The number of carbonyl (C=O) groups is 1. The second kappa shape index (κ2) is 4.89. The van der Waals surface area contributed by atoms with Gasteiger partial charge in [-0.15, -0.1) is 11.8 Å². The molecular formula is C12H16N2OS. The van der Waals surface area contributed by atoms with Crippen molar-refractivity contribution in [3.05, 3.63) is 29.8 Å². The number of rotatable bonds is 2. The Labute approximate surface area is 99.8 Å². The normalized spacial score (nSPS) is 21.0. The summed E-state index contributed by atoms with van der Waals surface area (Å²) in [6, 6.07) is 7.90. The third-order valence-electron chi connectivity index (χ3n) is 2.69. The minimum Gasteiger partial charge on any atom is -0.348 e. The van der Waals surface area contributed by atoms with Gasteiger partial charge < -0.3 is 11.1 Å². The highest BCUT2D eigenvalue weighted by Gasteiger charge is 2.22. The van der Waals surface area contributed by atoms with Crippen molar-refractivity contribution in [3.63, 3.8) is 0 Å². The number of benzene rings is 1. The maximum Gasteiger partial charge on any atom is 0.237 e. The van der Waals surface area contributed by atoms with Gasteiger partial charge in [-0.05, 0) is 25.0 Å². The predicted octanol–water partition coefficient (Wildman–Crippen LogP) is 1.69. The molecule has 3 N–H and O–H groups in total. The van der Waals surface area contributed by atoms with Crippen molar-refractivity contribution in [2.24, 2.45) is 5.73 Å². The lowest BCUT2D eigenvalue weighted by Gasteiger charge is -2.26. The average Bonchev–Trinajstić information content (AvgIpc) is 2.29. The van der Waals surface area contributed by atoms with E-state index in [0.29, 0.717) is 0 Å². The fourth-order valence-corrected chi connectivity index (χ4v) is 2.92. The van der Waals surface area contributed by atoms with Crippen LogP contribution in [0.5, 0.6) is 0 Å². The van der Waals surface area contributed by atoms with Gasteiger partial charge in [0.05, 0.1) is 12.1 Å². The third kappa shape index (κ3) is 2.39. The number of fused-ring (bicyclic) bond motifs is 1. The molecule has 1 aromatic carbocycles. The van der Waals surface area contributed by atoms with Crippen LogP contribution in [0.15, 0.2) is 29.2 Å². The molecule has 3 nitrogen and oxygen atoms in total. The zero-order valence-electron chi connectivity index (χ0n) is 9.27. The Hall–Kier alpha value is -1.00. The van der Waals surface area contributed by atoms with E-state index in [2.05, 4.69) is 17.4 Å². The lowest BCUT2D eigenvalue weighted by molar-refractivity contribution is -0.122. The van der Waals surface area contributed by atoms with Gasteiger partial charge in [-0.25, -0.2) is 0 Å². The first-order valence-electron chi connectivity index (χ1n) is 5.46. The molecule has 1 aliphatic heterocycles. The van der Waals surface area contributed by atoms with Crippen molar-refractivity contribution in [2.75, 3.05) is 5.75 Å². The summed E-state index contributed by atoms with van der Waals surface area (Å²) in [4.78, 5) is 12.8. The van der Waals surface area contributed by atoms with Crippen LogP contribution in [0.4, 0.5) is 0 Å². The summed E-state index contributed by atoms with van der Waals surface area (Å²) in [5, 5.41) is 3.00. The summed E-state index contributed by atoms with van der Waals surface area (Å²) in [5.74, 6) is 0.965. The molecule has 0 fully saturated rings. The Morgan fingerprint density at radius 3 is 3.06 bits per heavy atom. The van der Waals surface area contributed by atoms with Crippen LogP contribution >= 0.6 is 11.8 Å². The van der Waals surface area contributed by atoms with E-state index in [1.54, 1.807) is 6.92 Å². The van der Waals surface area contributed by atoms with Gasteiger partial charge >= 0.3 is 0 Å². The van der Waals surface area contributed by atoms with Gasteiger partial charge in [-0.1, -0.05) is 18.2 Å². The fraction of sp³-hybridized carbons (Fsp3) is 0.417. The molecule has 0 aromatic heterocycles. The molecule has 4 heteroatoms. The smallest absolute Gasteiger partial charge is 0.237 e. The molecule has 0 saturated heterocycles. The minimum atomic E-state index is -0.443. The fourth-order valence-electron chi connectivity index (χ4n) is 1.80. The van der Waals surface area contributed by atoms with Gasteiger partial charge in [0.25, 0.3) is 0 Å². The molecule has 1 unspecified atom stereocenters. The number of hydrogen-bond acceptors (Lipinski definition) is 3. The van der Waals surface area contributed by atoms with E-state index in [1.807, 2.05) is 23.9 Å². The summed E-state index contributed by atoms with van der Waals surface area (Å²) in [7, 11) is 0. The number of amides is 1. The molecule has 1 heterocycles. The van der Waals surface area contributed by atoms with Crippen molar-refractivity contribution in [3.8, 4) is 0 Å². The van der Waals surface area contributed by atoms with Crippen molar-refractivity contribution >= 4 is 17.7 Å². The van der Waals surface area contributed by atoms with E-state index in [0.717, 1.165) is 12.2 Å². The topological polar surface area (TPSA) is 55.1 Å². The molecule has 86 valence electrons. The van der Waals surface area contributed by atoms with Crippen LogP contribution in [0, 0.1) is 0 Å². The second-order valence-electron chi connectivity index (χ2n) is 4.02. The van der Waals surface area contributed by atoms with Gasteiger partial charge in [0.1, 0.15) is 0 Å². The van der Waals surface area contributed by atoms with Crippen LogP contribution in [-0.2, 0) is 4.79 Å². The van der Waals surface area contributed by atoms with Crippen LogP contribution in [0.3, 0.4) is 0 Å². The van der Waals surface area contributed by atoms with Crippen molar-refractivity contribution in [1.29, 1.82) is 0 Å². The monoisotopic (exact) mass is 236 g/mol. The molecule has 2 atom stereocenters. The van der Waals surface area contributed by atoms with Crippen molar-refractivity contribution in [1.82, 2.24) is 5.32 Å². The summed E-state index contributed by atoms with van der Waals surface area (Å²) in [5.41, 5.74) is 6.77. The number of thioether (sulfide) groups is 1. The highest BCUT2D eigenvalue weighted by Crippen LogP contribution is 2.35. The van der Waals surface area contributed by atoms with E-state index in [-0.39, 0.29) is 11.9 Å². The quantitative estimate of drug-likeness (QED) is 0.821. The number of hydrogen-bond donors (Lipinski definition) is 2. The lowest BCUT2D eigenvalue weighted by Crippen LogP contribution is -2.41. The number of carbonyl (C=O) groups excluding carboxylic acids is 1. The molecule has 0 spiro atoms. The van der Waals surface area contributed by atoms with Crippen LogP contribution in [-0.4, -0.2) is 17.7 Å². The van der Waals surface area contributed by atoms with E-state index in [4.69, 9.17) is 5.73 Å². The zero-order chi connectivity index (χ0) is 11.5. The van der Waals surface area contributed by atoms with E-state index < -0.39 is 6.04 Å². The van der Waals surface area contributed by atoms with E-state index in [9.17, 15) is 4.79 Å². The Kier molecular flexibility index (Phi) is 3.51. The number of nitrogens with two attached hydrogens (primary N) is 1. The van der Waals surface area contributed by atoms with Gasteiger partial charge in [0.2, 0.25) is 5.91 Å². The van der Waals surface area contributed by atoms with Crippen LogP contribution < -0.4 is 11.1 Å². The molecule has 0 aliphatic carbocycles. The van der Waals surface area contributed by atoms with Gasteiger partial charge in [0, 0.05) is 10.6 Å². The van der Waals surface area contributed by atoms with Crippen LogP contribution in [0.2, 0.25) is 0 Å². The first-order chi connectivity index (χ1) is 7.68. The zero-order valence-corrected chi connectivity index (χ0v) is 10.1. The molecule has 0 bridgehead atoms. The standard InChI is InChI=1S/C12H16N2OS/c1-8(13)12(15)14-10-6-7-16-11-5-3-2-4-9(10)11/h2-5,8,10H,6-7,13H2,1H3,(H,14,15)/t8-,10?/m0/s1. The molecule has 1 aliphatic rings. The molecule has 1 amide bonds. The molecule has 2 rings (SSSR count). The highest BCUT2D eigenvalue weighted by molar-refractivity contribution is 7.99. The first kappa shape index (κ1) is 11.5. The Morgan fingerprint density at radius 1 is 1.56 bits per heavy atom. The van der Waals surface area contributed by atoms with E-state index >= 15 is 0 Å². The summed E-state index contributed by atoms with van der Waals surface area (Å²) in [6.45, 7) is 1.71. The van der Waals surface area contributed by atoms with Gasteiger partial charge in [-0.3, -0.25) is 4.79 Å². The van der Waals surface area contributed by atoms with Crippen molar-refractivity contribution in [2.45, 2.75) is 30.3 Å². The Morgan fingerprint density at radius 2 is 2.31 bits per heavy atom. The molecule has 0 saturated carbocycles. The van der Waals surface area contributed by atoms with Crippen molar-refractivity contribution < 1.29 is 4.79 Å². The maximum atomic E-state index is 11.6. The average molecular weight is 236 g/mol. The summed E-state index contributed by atoms with van der Waals surface area (Å²) < 4.78 is 0. The SMILES string of the molecule is C[C@H](N)C(=O)NC1CCSc2ccccc21. The minimum absolute atomic E-state index is 0.0771. The largest absolute Gasteiger partial charge is 0.348 e. The maximum absolute atomic E-state index is 11.6. The summed E-state index contributed by atoms with van der Waals surface area (Å²) in [6.07, 6.45) is 0.972. The third-order valence-corrected chi connectivity index (χ3v) is 3.81. The predicted molar refractivity (Wildman–Crippen MR) is 66.3 cm³/mol. The summed E-state index contributed by atoms with van der Waals surface area (Å²) >= 11 is 1.85. The number of nitrogens with one attached hydrogen (secondary N) is 1. The molecule has 1 aromatic rings. The van der Waals surface area contributed by atoms with Gasteiger partial charge in [-0.2, -0.15) is 0 Å². The lowest BCUT2D eigenvalue weighted by atomic mass is 10.0. The second-order valence-corrected chi connectivity index (χ2v) is 5.16. The molecule has 16 heavy (non-hydrogen) atoms. The highest BCUT2D eigenvalue weighted by atomic mass is 32.2. The Bertz CT molecular complexity index is 392. The van der Waals surface area contributed by atoms with Crippen LogP contribution in [0.1, 0.15) is 24.9 Å². The van der Waals surface area contributed by atoms with Gasteiger partial charge in [0.15, 0.2) is 0 Å². The molecular weight excluding hydrogens is 220 g/mol. The molecule has 0 radical (unpaired) electrons. The van der Waals surface area contributed by atoms with E-state index in [1.165, 1.54) is 10.5 Å². The first-order valence-corrected chi connectivity index (χ1v) is 6.44. The Balaban J connectivity index is 2.16. The van der Waals surface area contributed by atoms with Crippen LogP contribution in [0.25, 0.3) is 0 Å².